The van der Waals surface area contributed by atoms with E-state index in [2.05, 4.69) is 29.2 Å². The van der Waals surface area contributed by atoms with Gasteiger partial charge in [-0.2, -0.15) is 0 Å². The van der Waals surface area contributed by atoms with Gasteiger partial charge in [0, 0.05) is 38.9 Å². The highest BCUT2D eigenvalue weighted by Gasteiger charge is 2.14. The van der Waals surface area contributed by atoms with Gasteiger partial charge in [0.25, 0.3) is 5.91 Å². The van der Waals surface area contributed by atoms with Crippen molar-refractivity contribution < 1.29 is 9.59 Å². The van der Waals surface area contributed by atoms with Crippen LogP contribution in [0.5, 0.6) is 0 Å². The first-order valence-electron chi connectivity index (χ1n) is 7.59. The molecule has 4 heteroatoms. The second kappa shape index (κ2) is 7.58. The molecule has 0 saturated heterocycles. The van der Waals surface area contributed by atoms with E-state index in [9.17, 15) is 9.59 Å². The van der Waals surface area contributed by atoms with Gasteiger partial charge < -0.3 is 9.80 Å². The average Bonchev–Trinajstić information content (AvgIpc) is 2.59. The molecule has 0 bridgehead atoms. The lowest BCUT2D eigenvalue weighted by Gasteiger charge is -2.18. The Labute approximate surface area is 137 Å². The van der Waals surface area contributed by atoms with Gasteiger partial charge in [-0.25, -0.2) is 0 Å². The fourth-order valence-electron chi connectivity index (χ4n) is 2.36. The fourth-order valence-corrected chi connectivity index (χ4v) is 2.36. The maximum atomic E-state index is 12.4. The molecule has 0 heterocycles. The highest BCUT2D eigenvalue weighted by molar-refractivity contribution is 6.01. The molecule has 0 aliphatic carbocycles. The van der Waals surface area contributed by atoms with Crippen molar-refractivity contribution in [2.45, 2.75) is 6.42 Å². The van der Waals surface area contributed by atoms with Crippen molar-refractivity contribution in [1.29, 1.82) is 0 Å². The standard InChI is InChI=1S/C19H22N2O2/c1-20(2)17-10-8-15(9-11-17)12-13-21(3)19(23)18-7-5-4-6-16(18)14-22/h4-11,14H,12-13H2,1-3H3. The van der Waals surface area contributed by atoms with Crippen LogP contribution in [0, 0.1) is 0 Å². The average molecular weight is 310 g/mol. The molecule has 0 aliphatic rings. The van der Waals surface area contributed by atoms with Crippen LogP contribution in [0.25, 0.3) is 0 Å². The largest absolute Gasteiger partial charge is 0.378 e. The van der Waals surface area contributed by atoms with Crippen molar-refractivity contribution >= 4 is 17.9 Å². The quantitative estimate of drug-likeness (QED) is 0.770. The number of hydrogen-bond donors (Lipinski definition) is 0. The van der Waals surface area contributed by atoms with Crippen LogP contribution in [-0.2, 0) is 6.42 Å². The Bertz CT molecular complexity index is 678. The van der Waals surface area contributed by atoms with Crippen molar-refractivity contribution in [3.63, 3.8) is 0 Å². The first-order valence-corrected chi connectivity index (χ1v) is 7.59. The maximum Gasteiger partial charge on any atom is 0.254 e. The minimum absolute atomic E-state index is 0.127. The zero-order chi connectivity index (χ0) is 16.8. The molecule has 0 aliphatic heterocycles. The summed E-state index contributed by atoms with van der Waals surface area (Å²) in [5, 5.41) is 0. The van der Waals surface area contributed by atoms with Crippen molar-refractivity contribution in [2.75, 3.05) is 32.6 Å². The smallest absolute Gasteiger partial charge is 0.254 e. The highest BCUT2D eigenvalue weighted by atomic mass is 16.2. The zero-order valence-corrected chi connectivity index (χ0v) is 13.8. The molecule has 0 saturated carbocycles. The van der Waals surface area contributed by atoms with Gasteiger partial charge in [0.15, 0.2) is 6.29 Å². The van der Waals surface area contributed by atoms with Crippen molar-refractivity contribution in [2.24, 2.45) is 0 Å². The summed E-state index contributed by atoms with van der Waals surface area (Å²) in [6.07, 6.45) is 1.50. The summed E-state index contributed by atoms with van der Waals surface area (Å²) in [6.45, 7) is 0.604. The molecule has 1 amide bonds. The van der Waals surface area contributed by atoms with Crippen molar-refractivity contribution in [3.8, 4) is 0 Å². The number of benzene rings is 2. The molecular formula is C19H22N2O2. The third-order valence-corrected chi connectivity index (χ3v) is 3.85. The molecule has 0 aromatic heterocycles. The van der Waals surface area contributed by atoms with Crippen molar-refractivity contribution in [3.05, 3.63) is 65.2 Å². The molecule has 0 atom stereocenters. The van der Waals surface area contributed by atoms with Gasteiger partial charge >= 0.3 is 0 Å². The van der Waals surface area contributed by atoms with Gasteiger partial charge in [-0.3, -0.25) is 9.59 Å². The van der Waals surface area contributed by atoms with Gasteiger partial charge in [0.1, 0.15) is 0 Å². The van der Waals surface area contributed by atoms with Crippen LogP contribution >= 0.6 is 0 Å². The molecule has 0 N–H and O–H groups in total. The molecule has 120 valence electrons. The second-order valence-corrected chi connectivity index (χ2v) is 5.74. The summed E-state index contributed by atoms with van der Waals surface area (Å²) < 4.78 is 0. The van der Waals surface area contributed by atoms with Gasteiger partial charge in [-0.05, 0) is 30.2 Å². The van der Waals surface area contributed by atoms with Gasteiger partial charge in [0.05, 0.1) is 5.56 Å². The minimum Gasteiger partial charge on any atom is -0.378 e. The summed E-state index contributed by atoms with van der Waals surface area (Å²) in [4.78, 5) is 27.2. The Morgan fingerprint density at radius 2 is 1.65 bits per heavy atom. The molecule has 0 unspecified atom stereocenters. The molecule has 2 aromatic rings. The fraction of sp³-hybridized carbons (Fsp3) is 0.263. The van der Waals surface area contributed by atoms with Gasteiger partial charge in [0.2, 0.25) is 0 Å². The summed E-state index contributed by atoms with van der Waals surface area (Å²) >= 11 is 0. The lowest BCUT2D eigenvalue weighted by atomic mass is 10.1. The summed E-state index contributed by atoms with van der Waals surface area (Å²) in [5.41, 5.74) is 3.21. The van der Waals surface area contributed by atoms with E-state index in [0.29, 0.717) is 17.7 Å². The number of carbonyl (C=O) groups excluding carboxylic acids is 2. The Kier molecular flexibility index (Phi) is 5.52. The normalized spacial score (nSPS) is 10.2. The van der Waals surface area contributed by atoms with Crippen LogP contribution in [0.4, 0.5) is 5.69 Å². The monoisotopic (exact) mass is 310 g/mol. The Hall–Kier alpha value is -2.62. The van der Waals surface area contributed by atoms with Crippen LogP contribution in [0.15, 0.2) is 48.5 Å². The van der Waals surface area contributed by atoms with E-state index >= 15 is 0 Å². The van der Waals surface area contributed by atoms with Crippen molar-refractivity contribution in [1.82, 2.24) is 4.90 Å². The maximum absolute atomic E-state index is 12.4. The second-order valence-electron chi connectivity index (χ2n) is 5.74. The van der Waals surface area contributed by atoms with E-state index in [1.165, 1.54) is 5.56 Å². The molecular weight excluding hydrogens is 288 g/mol. The van der Waals surface area contributed by atoms with E-state index in [1.54, 1.807) is 36.2 Å². The Morgan fingerprint density at radius 1 is 1.00 bits per heavy atom. The minimum atomic E-state index is -0.127. The SMILES string of the molecule is CN(CCc1ccc(N(C)C)cc1)C(=O)c1ccccc1C=O. The van der Waals surface area contributed by atoms with Crippen LogP contribution < -0.4 is 4.90 Å². The number of amides is 1. The predicted octanol–water partition coefficient (Wildman–Crippen LogP) is 2.88. The Balaban J connectivity index is 2.00. The third-order valence-electron chi connectivity index (χ3n) is 3.85. The number of nitrogens with zero attached hydrogens (tertiary/aromatic N) is 2. The summed E-state index contributed by atoms with van der Waals surface area (Å²) in [5.74, 6) is -0.127. The molecule has 0 radical (unpaired) electrons. The third kappa shape index (κ3) is 4.19. The Morgan fingerprint density at radius 3 is 2.26 bits per heavy atom. The van der Waals surface area contributed by atoms with Crippen LogP contribution in [0.2, 0.25) is 0 Å². The zero-order valence-electron chi connectivity index (χ0n) is 13.8. The number of likely N-dealkylation sites (N-methyl/N-ethyl adjacent to an activating group) is 1. The number of carbonyl (C=O) groups is 2. The van der Waals surface area contributed by atoms with E-state index in [0.717, 1.165) is 18.4 Å². The number of aldehydes is 1. The lowest BCUT2D eigenvalue weighted by Crippen LogP contribution is -2.29. The molecule has 2 aromatic carbocycles. The number of anilines is 1. The first kappa shape index (κ1) is 16.7. The van der Waals surface area contributed by atoms with E-state index in [-0.39, 0.29) is 5.91 Å². The van der Waals surface area contributed by atoms with Crippen LogP contribution in [0.3, 0.4) is 0 Å². The van der Waals surface area contributed by atoms with E-state index in [4.69, 9.17) is 0 Å². The first-order chi connectivity index (χ1) is 11.0. The number of rotatable bonds is 6. The lowest BCUT2D eigenvalue weighted by molar-refractivity contribution is 0.0793. The van der Waals surface area contributed by atoms with E-state index in [1.807, 2.05) is 14.1 Å². The van der Waals surface area contributed by atoms with E-state index < -0.39 is 0 Å². The van der Waals surface area contributed by atoms with Crippen LogP contribution in [-0.4, -0.2) is 44.8 Å². The van der Waals surface area contributed by atoms with Crippen LogP contribution in [0.1, 0.15) is 26.3 Å². The van der Waals surface area contributed by atoms with Gasteiger partial charge in [-0.1, -0.05) is 30.3 Å². The topological polar surface area (TPSA) is 40.6 Å². The molecule has 2 rings (SSSR count). The molecule has 4 nitrogen and oxygen atoms in total. The highest BCUT2D eigenvalue weighted by Crippen LogP contribution is 2.14. The molecule has 23 heavy (non-hydrogen) atoms. The molecule has 0 spiro atoms. The predicted molar refractivity (Wildman–Crippen MR) is 93.3 cm³/mol. The number of hydrogen-bond acceptors (Lipinski definition) is 3. The summed E-state index contributed by atoms with van der Waals surface area (Å²) in [7, 11) is 5.77. The summed E-state index contributed by atoms with van der Waals surface area (Å²) in [6, 6.07) is 15.2. The molecule has 0 fully saturated rings. The van der Waals surface area contributed by atoms with Gasteiger partial charge in [-0.15, -0.1) is 0 Å².